The van der Waals surface area contributed by atoms with E-state index in [0.717, 1.165) is 12.8 Å². The molecular weight excluding hydrogens is 218 g/mol. The normalized spacial score (nSPS) is 12.5. The largest absolute Gasteiger partial charge is 0.360 e. The van der Waals surface area contributed by atoms with Crippen LogP contribution in [0.25, 0.3) is 0 Å². The first-order chi connectivity index (χ1) is 7.97. The Labute approximate surface area is 102 Å². The Balaban J connectivity index is 2.29. The van der Waals surface area contributed by atoms with Gasteiger partial charge in [0.05, 0.1) is 0 Å². The third kappa shape index (κ3) is 5.38. The van der Waals surface area contributed by atoms with E-state index in [0.29, 0.717) is 17.5 Å². The molecule has 0 fully saturated rings. The molecule has 1 rings (SSSR count). The first-order valence-electron chi connectivity index (χ1n) is 5.98. The minimum Gasteiger partial charge on any atom is -0.360 e. The molecule has 1 heterocycles. The van der Waals surface area contributed by atoms with Gasteiger partial charge in [-0.25, -0.2) is 4.79 Å². The van der Waals surface area contributed by atoms with Crippen LogP contribution in [0.1, 0.15) is 39.4 Å². The first kappa shape index (κ1) is 13.5. The Kier molecular flexibility index (Phi) is 5.00. The molecule has 1 aromatic heterocycles. The van der Waals surface area contributed by atoms with E-state index in [4.69, 9.17) is 4.52 Å². The minimum absolute atomic E-state index is 0.158. The molecule has 0 aliphatic carbocycles. The van der Waals surface area contributed by atoms with E-state index in [9.17, 15) is 4.79 Å². The number of carbonyl (C=O) groups excluding carboxylic acids is 1. The van der Waals surface area contributed by atoms with Crippen molar-refractivity contribution in [1.82, 2.24) is 10.5 Å². The highest BCUT2D eigenvalue weighted by atomic mass is 16.5. The van der Waals surface area contributed by atoms with Crippen molar-refractivity contribution in [2.75, 3.05) is 5.32 Å². The standard InChI is InChI=1S/C12H21N3O2/c1-8(2)5-6-9(3)13-12(16)14-11-7-10(4)17-15-11/h7-9H,5-6H2,1-4H3,(H2,13,14,15,16)/t9-/m1/s1. The van der Waals surface area contributed by atoms with Gasteiger partial charge in [0.25, 0.3) is 0 Å². The predicted molar refractivity (Wildman–Crippen MR) is 66.9 cm³/mol. The third-order valence-electron chi connectivity index (χ3n) is 2.42. The summed E-state index contributed by atoms with van der Waals surface area (Å²) >= 11 is 0. The summed E-state index contributed by atoms with van der Waals surface area (Å²) in [5, 5.41) is 9.18. The summed E-state index contributed by atoms with van der Waals surface area (Å²) in [5.41, 5.74) is 0. The van der Waals surface area contributed by atoms with Crippen molar-refractivity contribution in [1.29, 1.82) is 0 Å². The number of carbonyl (C=O) groups is 1. The lowest BCUT2D eigenvalue weighted by Crippen LogP contribution is -2.36. The zero-order valence-corrected chi connectivity index (χ0v) is 10.9. The summed E-state index contributed by atoms with van der Waals surface area (Å²) in [6.07, 6.45) is 2.08. The lowest BCUT2D eigenvalue weighted by molar-refractivity contribution is 0.247. The van der Waals surface area contributed by atoms with Gasteiger partial charge in [-0.3, -0.25) is 5.32 Å². The second kappa shape index (κ2) is 6.27. The lowest BCUT2D eigenvalue weighted by atomic mass is 10.0. The zero-order valence-electron chi connectivity index (χ0n) is 10.9. The fourth-order valence-corrected chi connectivity index (χ4v) is 1.46. The van der Waals surface area contributed by atoms with Gasteiger partial charge in [-0.15, -0.1) is 0 Å². The van der Waals surface area contributed by atoms with E-state index in [-0.39, 0.29) is 12.1 Å². The maximum absolute atomic E-state index is 11.6. The highest BCUT2D eigenvalue weighted by molar-refractivity contribution is 5.88. The Morgan fingerprint density at radius 3 is 2.65 bits per heavy atom. The smallest absolute Gasteiger partial charge is 0.320 e. The van der Waals surface area contributed by atoms with Crippen molar-refractivity contribution in [3.8, 4) is 0 Å². The Morgan fingerprint density at radius 1 is 1.41 bits per heavy atom. The predicted octanol–water partition coefficient (Wildman–Crippen LogP) is 2.93. The van der Waals surface area contributed by atoms with Crippen LogP contribution in [-0.4, -0.2) is 17.2 Å². The highest BCUT2D eigenvalue weighted by Crippen LogP contribution is 2.08. The van der Waals surface area contributed by atoms with Crippen molar-refractivity contribution >= 4 is 11.8 Å². The van der Waals surface area contributed by atoms with Gasteiger partial charge in [0, 0.05) is 12.1 Å². The zero-order chi connectivity index (χ0) is 12.8. The average molecular weight is 239 g/mol. The number of urea groups is 1. The second-order valence-corrected chi connectivity index (χ2v) is 4.79. The van der Waals surface area contributed by atoms with E-state index < -0.39 is 0 Å². The fourth-order valence-electron chi connectivity index (χ4n) is 1.46. The maximum Gasteiger partial charge on any atom is 0.320 e. The third-order valence-corrected chi connectivity index (χ3v) is 2.42. The van der Waals surface area contributed by atoms with Gasteiger partial charge in [-0.2, -0.15) is 0 Å². The molecular formula is C12H21N3O2. The second-order valence-electron chi connectivity index (χ2n) is 4.79. The summed E-state index contributed by atoms with van der Waals surface area (Å²) in [4.78, 5) is 11.6. The number of rotatable bonds is 5. The molecule has 1 aromatic rings. The molecule has 0 spiro atoms. The average Bonchev–Trinajstić information content (AvgIpc) is 2.60. The van der Waals surface area contributed by atoms with Crippen LogP contribution in [0, 0.1) is 12.8 Å². The molecule has 5 nitrogen and oxygen atoms in total. The minimum atomic E-state index is -0.241. The number of anilines is 1. The van der Waals surface area contributed by atoms with Gasteiger partial charge < -0.3 is 9.84 Å². The van der Waals surface area contributed by atoms with E-state index >= 15 is 0 Å². The molecule has 0 unspecified atom stereocenters. The summed E-state index contributed by atoms with van der Waals surface area (Å²) in [6, 6.07) is 1.60. The fraction of sp³-hybridized carbons (Fsp3) is 0.667. The topological polar surface area (TPSA) is 67.2 Å². The molecule has 0 aliphatic rings. The lowest BCUT2D eigenvalue weighted by Gasteiger charge is -2.14. The van der Waals surface area contributed by atoms with Crippen LogP contribution in [0.2, 0.25) is 0 Å². The Bertz CT molecular complexity index is 360. The number of hydrogen-bond donors (Lipinski definition) is 2. The number of amides is 2. The number of nitrogens with one attached hydrogen (secondary N) is 2. The van der Waals surface area contributed by atoms with Crippen molar-refractivity contribution in [3.05, 3.63) is 11.8 Å². The molecule has 96 valence electrons. The number of nitrogens with zero attached hydrogens (tertiary/aromatic N) is 1. The first-order valence-corrected chi connectivity index (χ1v) is 5.98. The highest BCUT2D eigenvalue weighted by Gasteiger charge is 2.09. The molecule has 0 aromatic carbocycles. The maximum atomic E-state index is 11.6. The van der Waals surface area contributed by atoms with Crippen molar-refractivity contribution in [2.45, 2.75) is 46.6 Å². The number of hydrogen-bond acceptors (Lipinski definition) is 3. The molecule has 5 heteroatoms. The number of aryl methyl sites for hydroxylation is 1. The molecule has 17 heavy (non-hydrogen) atoms. The molecule has 0 saturated carbocycles. The van der Waals surface area contributed by atoms with E-state index in [2.05, 4.69) is 29.6 Å². The van der Waals surface area contributed by atoms with Crippen LogP contribution in [-0.2, 0) is 0 Å². The van der Waals surface area contributed by atoms with E-state index in [1.165, 1.54) is 0 Å². The molecule has 2 N–H and O–H groups in total. The summed E-state index contributed by atoms with van der Waals surface area (Å²) < 4.78 is 4.86. The number of aromatic nitrogens is 1. The molecule has 0 saturated heterocycles. The van der Waals surface area contributed by atoms with Gasteiger partial charge in [-0.1, -0.05) is 19.0 Å². The van der Waals surface area contributed by atoms with Gasteiger partial charge in [0.2, 0.25) is 0 Å². The molecule has 0 bridgehead atoms. The Hall–Kier alpha value is -1.52. The van der Waals surface area contributed by atoms with E-state index in [1.54, 1.807) is 13.0 Å². The van der Waals surface area contributed by atoms with Crippen LogP contribution in [0.4, 0.5) is 10.6 Å². The monoisotopic (exact) mass is 239 g/mol. The van der Waals surface area contributed by atoms with Crippen LogP contribution in [0.5, 0.6) is 0 Å². The summed E-state index contributed by atoms with van der Waals surface area (Å²) in [6.45, 7) is 8.12. The van der Waals surface area contributed by atoms with Gasteiger partial charge in [-0.05, 0) is 32.6 Å². The quantitative estimate of drug-likeness (QED) is 0.830. The van der Waals surface area contributed by atoms with Gasteiger partial charge >= 0.3 is 6.03 Å². The SMILES string of the molecule is Cc1cc(NC(=O)N[C@H](C)CCC(C)C)no1. The van der Waals surface area contributed by atoms with E-state index in [1.807, 2.05) is 6.92 Å². The van der Waals surface area contributed by atoms with Crippen LogP contribution in [0.3, 0.4) is 0 Å². The Morgan fingerprint density at radius 2 is 2.12 bits per heavy atom. The van der Waals surface area contributed by atoms with Crippen LogP contribution in [0.15, 0.2) is 10.6 Å². The van der Waals surface area contributed by atoms with Crippen molar-refractivity contribution in [2.24, 2.45) is 5.92 Å². The van der Waals surface area contributed by atoms with Crippen LogP contribution < -0.4 is 10.6 Å². The molecule has 1 atom stereocenters. The van der Waals surface area contributed by atoms with Gasteiger partial charge in [0.1, 0.15) is 5.76 Å². The van der Waals surface area contributed by atoms with Gasteiger partial charge in [0.15, 0.2) is 5.82 Å². The van der Waals surface area contributed by atoms with Crippen molar-refractivity contribution < 1.29 is 9.32 Å². The molecule has 2 amide bonds. The van der Waals surface area contributed by atoms with Crippen molar-refractivity contribution in [3.63, 3.8) is 0 Å². The molecule has 0 radical (unpaired) electrons. The van der Waals surface area contributed by atoms with Crippen LogP contribution >= 0.6 is 0 Å². The molecule has 0 aliphatic heterocycles. The summed E-state index contributed by atoms with van der Waals surface area (Å²) in [5.74, 6) is 1.77. The summed E-state index contributed by atoms with van der Waals surface area (Å²) in [7, 11) is 0.